The summed E-state index contributed by atoms with van der Waals surface area (Å²) in [5.41, 5.74) is 6.39. The average molecular weight is 699 g/mol. The number of anilines is 1. The molecule has 0 bridgehead atoms. The van der Waals surface area contributed by atoms with Crippen LogP contribution in [0.5, 0.6) is 0 Å². The maximum atomic E-state index is 13.5. The lowest BCUT2D eigenvalue weighted by molar-refractivity contribution is -0.401. The van der Waals surface area contributed by atoms with Gasteiger partial charge in [-0.2, -0.15) is 4.58 Å². The van der Waals surface area contributed by atoms with Crippen LogP contribution in [0.3, 0.4) is 0 Å². The van der Waals surface area contributed by atoms with Crippen molar-refractivity contribution in [3.63, 3.8) is 0 Å². The second-order valence-corrected chi connectivity index (χ2v) is 15.5. The van der Waals surface area contributed by atoms with Gasteiger partial charge < -0.3 is 9.45 Å². The van der Waals surface area contributed by atoms with E-state index in [2.05, 4.69) is 108 Å². The lowest BCUT2D eigenvalue weighted by Crippen LogP contribution is -2.50. The van der Waals surface area contributed by atoms with Gasteiger partial charge in [0, 0.05) is 79.2 Å². The van der Waals surface area contributed by atoms with E-state index in [1.165, 1.54) is 38.7 Å². The van der Waals surface area contributed by atoms with Gasteiger partial charge in [0.05, 0.1) is 10.3 Å². The molecule has 1 saturated heterocycles. The first-order valence-electron chi connectivity index (χ1n) is 17.2. The van der Waals surface area contributed by atoms with E-state index in [0.29, 0.717) is 22.9 Å². The van der Waals surface area contributed by atoms with E-state index in [9.17, 15) is 22.6 Å². The fraction of sp³-hybridized carbons (Fsp3) is 0.244. The normalized spacial score (nSPS) is 17.7. The topological polar surface area (TPSA) is 104 Å². The molecule has 0 saturated carbocycles. The summed E-state index contributed by atoms with van der Waals surface area (Å²) in [5.74, 6) is -0.996. The van der Waals surface area contributed by atoms with Crippen LogP contribution >= 0.6 is 0 Å². The van der Waals surface area contributed by atoms with Crippen molar-refractivity contribution in [1.29, 1.82) is 0 Å². The molecule has 9 nitrogen and oxygen atoms in total. The van der Waals surface area contributed by atoms with Crippen LogP contribution in [0.15, 0.2) is 102 Å². The third-order valence-corrected chi connectivity index (χ3v) is 11.6. The number of benzene rings is 5. The Morgan fingerprint density at radius 3 is 2.24 bits per heavy atom. The number of rotatable bonds is 7. The number of nitrogens with zero attached hydrogens (tertiary/aromatic N) is 4. The van der Waals surface area contributed by atoms with Crippen molar-refractivity contribution in [2.24, 2.45) is 0 Å². The summed E-state index contributed by atoms with van der Waals surface area (Å²) in [5, 5.41) is 3.32. The van der Waals surface area contributed by atoms with Crippen molar-refractivity contribution in [3.05, 3.63) is 119 Å². The molecule has 8 rings (SSSR count). The van der Waals surface area contributed by atoms with Crippen molar-refractivity contribution in [1.82, 2.24) is 9.80 Å². The SMILES string of the molecule is C[N+]1=C(/C=C/c2ccc(N3CCN(CCN4C(=O)c5cccc6cc(S(=O)(=O)[O-])cc(c56)C4=O)CC3)cc2)C(C)(C)c2c1ccc1ccccc21. The lowest BCUT2D eigenvalue weighted by Gasteiger charge is -2.37. The second-order valence-electron chi connectivity index (χ2n) is 14.1. The van der Waals surface area contributed by atoms with Crippen LogP contribution in [0.1, 0.15) is 45.7 Å². The fourth-order valence-corrected chi connectivity index (χ4v) is 8.65. The van der Waals surface area contributed by atoms with Gasteiger partial charge in [0.2, 0.25) is 5.69 Å². The number of carbonyl (C=O) groups is 2. The Bertz CT molecular complexity index is 2440. The molecule has 51 heavy (non-hydrogen) atoms. The molecule has 0 spiro atoms. The predicted molar refractivity (Wildman–Crippen MR) is 199 cm³/mol. The Morgan fingerprint density at radius 1 is 0.784 bits per heavy atom. The zero-order valence-electron chi connectivity index (χ0n) is 28.8. The monoisotopic (exact) mass is 698 g/mol. The van der Waals surface area contributed by atoms with Gasteiger partial charge >= 0.3 is 0 Å². The molecule has 0 aromatic heterocycles. The molecule has 5 aromatic carbocycles. The summed E-state index contributed by atoms with van der Waals surface area (Å²) < 4.78 is 37.7. The summed E-state index contributed by atoms with van der Waals surface area (Å²) in [7, 11) is -2.64. The van der Waals surface area contributed by atoms with Crippen LogP contribution in [0.4, 0.5) is 11.4 Å². The fourth-order valence-electron chi connectivity index (χ4n) is 8.11. The van der Waals surface area contributed by atoms with Crippen molar-refractivity contribution in [2.45, 2.75) is 24.2 Å². The minimum absolute atomic E-state index is 0.0662. The Kier molecular flexibility index (Phi) is 7.94. The van der Waals surface area contributed by atoms with E-state index in [-0.39, 0.29) is 17.5 Å². The minimum Gasteiger partial charge on any atom is -0.744 e. The van der Waals surface area contributed by atoms with E-state index in [1.54, 1.807) is 18.2 Å². The highest BCUT2D eigenvalue weighted by atomic mass is 32.2. The van der Waals surface area contributed by atoms with Crippen LogP contribution in [0, 0.1) is 0 Å². The van der Waals surface area contributed by atoms with Gasteiger partial charge in [-0.25, -0.2) is 8.42 Å². The standard InChI is InChI=1S/C41H38N4O5S/c1-41(2)36(42(3)35-17-14-28-7-4-5-9-32(28)38(35)41)18-13-27-11-15-30(16-12-27)44-22-19-43(20-23-44)21-24-45-39(46)33-10-6-8-29-25-31(51(48,49)50)26-34(37(29)33)40(45)47/h4-18,25-26H,19-24H2,1-3H3. The van der Waals surface area contributed by atoms with Gasteiger partial charge in [0.15, 0.2) is 5.71 Å². The Balaban J connectivity index is 0.903. The number of carbonyl (C=O) groups excluding carboxylic acids is 2. The Labute approximate surface area is 297 Å². The van der Waals surface area contributed by atoms with Crippen LogP contribution in [0.25, 0.3) is 27.6 Å². The van der Waals surface area contributed by atoms with Gasteiger partial charge in [-0.15, -0.1) is 0 Å². The van der Waals surface area contributed by atoms with Crippen LogP contribution in [-0.2, 0) is 15.5 Å². The molecule has 5 aromatic rings. The molecule has 0 N–H and O–H groups in total. The molecule has 3 heterocycles. The highest BCUT2D eigenvalue weighted by molar-refractivity contribution is 7.85. The van der Waals surface area contributed by atoms with Crippen LogP contribution in [-0.4, -0.2) is 91.2 Å². The molecule has 10 heteroatoms. The number of hydrogen-bond acceptors (Lipinski definition) is 7. The molecule has 3 aliphatic rings. The van der Waals surface area contributed by atoms with E-state index in [4.69, 9.17) is 0 Å². The van der Waals surface area contributed by atoms with Crippen molar-refractivity contribution < 1.29 is 27.1 Å². The van der Waals surface area contributed by atoms with Crippen molar-refractivity contribution >= 4 is 66.6 Å². The molecular weight excluding hydrogens is 661 g/mol. The first kappa shape index (κ1) is 33.0. The van der Waals surface area contributed by atoms with Gasteiger partial charge in [-0.05, 0) is 78.0 Å². The third kappa shape index (κ3) is 5.64. The smallest absolute Gasteiger partial charge is 0.261 e. The maximum absolute atomic E-state index is 13.5. The summed E-state index contributed by atoms with van der Waals surface area (Å²) in [6.07, 6.45) is 4.43. The summed E-state index contributed by atoms with van der Waals surface area (Å²) in [6.45, 7) is 8.37. The molecule has 2 amide bonds. The number of piperazine rings is 1. The second kappa shape index (κ2) is 12.3. The van der Waals surface area contributed by atoms with Gasteiger partial charge in [-0.3, -0.25) is 19.4 Å². The average Bonchev–Trinajstić information content (AvgIpc) is 3.33. The number of imide groups is 1. The molecule has 0 radical (unpaired) electrons. The number of fused-ring (bicyclic) bond motifs is 3. The van der Waals surface area contributed by atoms with Gasteiger partial charge in [-0.1, -0.05) is 48.5 Å². The maximum Gasteiger partial charge on any atom is 0.261 e. The summed E-state index contributed by atoms with van der Waals surface area (Å²) in [6, 6.07) is 28.8. The third-order valence-electron chi connectivity index (χ3n) is 10.8. The quantitative estimate of drug-likeness (QED) is 0.116. The number of amides is 2. The Morgan fingerprint density at radius 2 is 1.49 bits per heavy atom. The zero-order chi connectivity index (χ0) is 35.7. The summed E-state index contributed by atoms with van der Waals surface area (Å²) in [4.78, 5) is 32.1. The first-order chi connectivity index (χ1) is 24.4. The highest BCUT2D eigenvalue weighted by Crippen LogP contribution is 2.43. The van der Waals surface area contributed by atoms with E-state index in [1.807, 2.05) is 0 Å². The lowest BCUT2D eigenvalue weighted by atomic mass is 9.79. The van der Waals surface area contributed by atoms with E-state index < -0.39 is 26.8 Å². The first-order valence-corrected chi connectivity index (χ1v) is 18.6. The number of allylic oxidation sites excluding steroid dienone is 1. The Hall–Kier alpha value is -5.16. The van der Waals surface area contributed by atoms with Gasteiger partial charge in [0.25, 0.3) is 11.8 Å². The van der Waals surface area contributed by atoms with E-state index in [0.717, 1.165) is 43.5 Å². The van der Waals surface area contributed by atoms with Crippen LogP contribution < -0.4 is 4.90 Å². The minimum atomic E-state index is -4.78. The molecule has 1 fully saturated rings. The summed E-state index contributed by atoms with van der Waals surface area (Å²) >= 11 is 0. The molecule has 0 atom stereocenters. The highest BCUT2D eigenvalue weighted by Gasteiger charge is 2.44. The number of hydrogen-bond donors (Lipinski definition) is 0. The molecule has 258 valence electrons. The van der Waals surface area contributed by atoms with Crippen molar-refractivity contribution in [3.8, 4) is 0 Å². The van der Waals surface area contributed by atoms with Crippen LogP contribution in [0.2, 0.25) is 0 Å². The predicted octanol–water partition coefficient (Wildman–Crippen LogP) is 6.03. The molecule has 0 aliphatic carbocycles. The zero-order valence-corrected chi connectivity index (χ0v) is 29.6. The largest absolute Gasteiger partial charge is 0.744 e. The van der Waals surface area contributed by atoms with Gasteiger partial charge in [0.1, 0.15) is 17.2 Å². The van der Waals surface area contributed by atoms with Crippen molar-refractivity contribution in [2.75, 3.05) is 51.2 Å². The van der Waals surface area contributed by atoms with E-state index >= 15 is 0 Å². The molecule has 0 unspecified atom stereocenters. The molecule has 3 aliphatic heterocycles. The molecular formula is C41H38N4O5S.